The van der Waals surface area contributed by atoms with E-state index < -0.39 is 11.8 Å². The van der Waals surface area contributed by atoms with Crippen LogP contribution in [0.15, 0.2) is 45.3 Å². The van der Waals surface area contributed by atoms with Gasteiger partial charge in [-0.15, -0.1) is 0 Å². The number of benzene rings is 2. The second-order valence-electron chi connectivity index (χ2n) is 3.78. The zero-order chi connectivity index (χ0) is 16.0. The first-order chi connectivity index (χ1) is 9.88. The van der Waals surface area contributed by atoms with E-state index in [1.54, 1.807) is 18.2 Å². The molecular weight excluding hydrogens is 448 g/mol. The summed E-state index contributed by atoms with van der Waals surface area (Å²) < 4.78 is 26.2. The molecule has 9 heteroatoms. The number of halogens is 4. The summed E-state index contributed by atoms with van der Waals surface area (Å²) in [5, 5.41) is 17.0. The van der Waals surface area contributed by atoms with Gasteiger partial charge in [0.1, 0.15) is 5.82 Å². The van der Waals surface area contributed by atoms with Crippen LogP contribution in [0.2, 0.25) is 0 Å². The molecule has 0 saturated heterocycles. The van der Waals surface area contributed by atoms with Crippen LogP contribution in [0, 0.1) is 11.6 Å². The second-order valence-corrected chi connectivity index (χ2v) is 5.49. The van der Waals surface area contributed by atoms with Crippen molar-refractivity contribution < 1.29 is 44.1 Å². The van der Waals surface area contributed by atoms with Gasteiger partial charge in [0.25, 0.3) is 0 Å². The summed E-state index contributed by atoms with van der Waals surface area (Å²) in [7, 11) is 0. The number of carbonyl (C=O) groups is 1. The quantitative estimate of drug-likeness (QED) is 0.632. The number of hydrogen-bond acceptors (Lipinski definition) is 2. The summed E-state index contributed by atoms with van der Waals surface area (Å²) in [5.41, 5.74) is -0.00579. The van der Waals surface area contributed by atoms with Gasteiger partial charge in [-0.05, 0) is 50.1 Å². The van der Waals surface area contributed by atoms with E-state index >= 15 is 0 Å². The van der Waals surface area contributed by atoms with E-state index in [9.17, 15) is 13.6 Å². The van der Waals surface area contributed by atoms with E-state index in [1.165, 1.54) is 18.2 Å². The predicted octanol–water partition coefficient (Wildman–Crippen LogP) is 0.299. The largest absolute Gasteiger partial charge is 1.00 e. The zero-order valence-corrected chi connectivity index (χ0v) is 14.7. The Labute approximate surface area is 173 Å². The van der Waals surface area contributed by atoms with Crippen molar-refractivity contribution >= 4 is 55.2 Å². The zero-order valence-electron chi connectivity index (χ0n) is 12.5. The minimum Gasteiger partial charge on any atom is -1.00 e. The van der Waals surface area contributed by atoms with E-state index in [0.29, 0.717) is 10.0 Å². The van der Waals surface area contributed by atoms with Gasteiger partial charge in [0, 0.05) is 5.56 Å². The van der Waals surface area contributed by atoms with Crippen LogP contribution >= 0.6 is 31.9 Å². The van der Waals surface area contributed by atoms with Gasteiger partial charge in [0.2, 0.25) is 0 Å². The minimum absolute atomic E-state index is 0. The molecule has 0 heterocycles. The fourth-order valence-electron chi connectivity index (χ4n) is 1.34. The van der Waals surface area contributed by atoms with Crippen LogP contribution in [0.1, 0.15) is 17.3 Å². The van der Waals surface area contributed by atoms with E-state index in [2.05, 4.69) is 31.9 Å². The van der Waals surface area contributed by atoms with Crippen molar-refractivity contribution in [3.05, 3.63) is 68.1 Å². The van der Waals surface area contributed by atoms with Crippen LogP contribution in [0.25, 0.3) is 0 Å². The third-order valence-corrected chi connectivity index (χ3v) is 3.61. The van der Waals surface area contributed by atoms with Crippen molar-refractivity contribution in [3.8, 4) is 0 Å². The molecule has 0 aliphatic rings. The van der Waals surface area contributed by atoms with E-state index in [1.807, 2.05) is 0 Å². The molecule has 0 saturated carbocycles. The van der Waals surface area contributed by atoms with Gasteiger partial charge in [-0.25, -0.2) is 13.6 Å². The first-order valence-electron chi connectivity index (χ1n) is 5.59. The number of aromatic carboxylic acids is 1. The van der Waals surface area contributed by atoms with Crippen molar-refractivity contribution in [3.63, 3.8) is 0 Å². The monoisotopic (exact) mass is 460 g/mol. The van der Waals surface area contributed by atoms with Crippen LogP contribution in [0.3, 0.4) is 0 Å². The average Bonchev–Trinajstić information content (AvgIpc) is 2.45. The van der Waals surface area contributed by atoms with Crippen LogP contribution in [0.4, 0.5) is 8.78 Å². The molecule has 3 nitrogen and oxygen atoms in total. The normalized spacial score (nSPS) is 8.91. The molecule has 0 aliphatic carbocycles. The molecule has 0 bridgehead atoms. The number of hydrogen-bond donors (Lipinski definition) is 2. The van der Waals surface area contributed by atoms with Crippen LogP contribution in [-0.2, 0) is 6.61 Å². The Kier molecular flexibility index (Phi) is 13.3. The Hall–Kier alpha value is -0.180. The number of aliphatic hydroxyl groups is 1. The van der Waals surface area contributed by atoms with Gasteiger partial charge in [0.15, 0.2) is 23.2 Å². The average molecular weight is 462 g/mol. The summed E-state index contributed by atoms with van der Waals surface area (Å²) in [6.45, 7) is -0.259. The Balaban J connectivity index is -0.000000328. The molecule has 2 N–H and O–H groups in total. The van der Waals surface area contributed by atoms with Crippen molar-refractivity contribution in [1.29, 1.82) is 0 Å². The molecule has 0 unspecified atom stereocenters. The number of carboxylic acid groups (broad SMARTS) is 1. The number of aliphatic hydroxyl groups excluding tert-OH is 1. The van der Waals surface area contributed by atoms with Gasteiger partial charge in [0.05, 0.1) is 21.1 Å². The van der Waals surface area contributed by atoms with Crippen molar-refractivity contribution in [2.24, 2.45) is 0 Å². The molecule has 2 rings (SSSR count). The molecule has 2 aromatic rings. The SMILES string of the molecule is O=C(O)c1cccc(Br)c1F.OCc1cccc(Br)c1F.[AlH3].[H-].[Li+]. The summed E-state index contributed by atoms with van der Waals surface area (Å²) >= 11 is 5.88. The molecule has 0 fully saturated rings. The molecule has 120 valence electrons. The predicted molar refractivity (Wildman–Crippen MR) is 92.1 cm³/mol. The van der Waals surface area contributed by atoms with Crippen molar-refractivity contribution in [2.75, 3.05) is 0 Å². The first-order valence-corrected chi connectivity index (χ1v) is 7.18. The Morgan fingerprint density at radius 3 is 1.91 bits per heavy atom. The molecule has 23 heavy (non-hydrogen) atoms. The fourth-order valence-corrected chi connectivity index (χ4v) is 2.11. The van der Waals surface area contributed by atoms with Gasteiger partial charge < -0.3 is 11.6 Å². The minimum atomic E-state index is -1.26. The first kappa shape index (κ1) is 25.1. The number of carboxylic acids is 1. The summed E-state index contributed by atoms with van der Waals surface area (Å²) in [6.07, 6.45) is 0. The molecular formula is C14H14AlBr2F2LiO3. The van der Waals surface area contributed by atoms with Crippen LogP contribution < -0.4 is 18.9 Å². The maximum atomic E-state index is 12.8. The smallest absolute Gasteiger partial charge is 1.00 e. The molecule has 0 radical (unpaired) electrons. The second kappa shape index (κ2) is 12.2. The van der Waals surface area contributed by atoms with E-state index in [0.717, 1.165) is 0 Å². The summed E-state index contributed by atoms with van der Waals surface area (Å²) in [5.74, 6) is -2.38. The third-order valence-electron chi connectivity index (χ3n) is 2.38. The Morgan fingerprint density at radius 1 is 1.04 bits per heavy atom. The fraction of sp³-hybridized carbons (Fsp3) is 0.0714. The van der Waals surface area contributed by atoms with Gasteiger partial charge in [-0.1, -0.05) is 18.2 Å². The van der Waals surface area contributed by atoms with E-state index in [4.69, 9.17) is 10.2 Å². The van der Waals surface area contributed by atoms with Crippen molar-refractivity contribution in [2.45, 2.75) is 6.61 Å². The van der Waals surface area contributed by atoms with Crippen molar-refractivity contribution in [1.82, 2.24) is 0 Å². The molecule has 0 spiro atoms. The van der Waals surface area contributed by atoms with Gasteiger partial charge >= 0.3 is 24.8 Å². The topological polar surface area (TPSA) is 57.5 Å². The molecule has 2 aromatic carbocycles. The Bertz CT molecular complexity index is 666. The molecule has 0 amide bonds. The van der Waals surface area contributed by atoms with Crippen LogP contribution in [-0.4, -0.2) is 33.5 Å². The Morgan fingerprint density at radius 2 is 1.52 bits per heavy atom. The maximum Gasteiger partial charge on any atom is 1.00 e. The summed E-state index contributed by atoms with van der Waals surface area (Å²) in [4.78, 5) is 10.3. The standard InChI is InChI=1S/C7H4BrFO2.C7H6BrFO.Al.Li.4H/c8-5-3-1-2-4(6(5)9)7(10)11;8-6-3-1-2-5(4-10)7(6)9;;;;;;/h1-3H,(H,10,11);1-3,10H,4H2;;;;;;/q;;;+1;;;;-1. The van der Waals surface area contributed by atoms with Crippen LogP contribution in [0.5, 0.6) is 0 Å². The molecule has 0 atom stereocenters. The third kappa shape index (κ3) is 7.49. The summed E-state index contributed by atoms with van der Waals surface area (Å²) in [6, 6.07) is 8.94. The molecule has 0 aromatic heterocycles. The van der Waals surface area contributed by atoms with Gasteiger partial charge in [-0.3, -0.25) is 0 Å². The van der Waals surface area contributed by atoms with E-state index in [-0.39, 0.29) is 60.1 Å². The maximum absolute atomic E-state index is 12.8. The number of rotatable bonds is 2. The van der Waals surface area contributed by atoms with Gasteiger partial charge in [-0.2, -0.15) is 0 Å². The molecule has 0 aliphatic heterocycles.